The van der Waals surface area contributed by atoms with Crippen molar-refractivity contribution < 1.29 is 23.1 Å². The number of nitrogens with zero attached hydrogens (tertiary/aromatic N) is 2. The molecule has 2 amide bonds. The third-order valence-corrected chi connectivity index (χ3v) is 5.89. The van der Waals surface area contributed by atoms with E-state index in [1.54, 1.807) is 44.6 Å². The number of ether oxygens (including phenoxy) is 1. The van der Waals surface area contributed by atoms with Crippen molar-refractivity contribution >= 4 is 28.4 Å². The van der Waals surface area contributed by atoms with Crippen molar-refractivity contribution in [3.8, 4) is 22.6 Å². The van der Waals surface area contributed by atoms with Crippen LogP contribution in [0, 0.1) is 18.6 Å². The van der Waals surface area contributed by atoms with E-state index in [4.69, 9.17) is 4.74 Å². The predicted molar refractivity (Wildman–Crippen MR) is 122 cm³/mol. The number of aryl methyl sites for hydroxylation is 2. The number of imide groups is 1. The molecule has 34 heavy (non-hydrogen) atoms. The van der Waals surface area contributed by atoms with Crippen molar-refractivity contribution in [3.63, 3.8) is 0 Å². The van der Waals surface area contributed by atoms with Crippen LogP contribution in [0.2, 0.25) is 0 Å². The Labute approximate surface area is 192 Å². The summed E-state index contributed by atoms with van der Waals surface area (Å²) in [5, 5.41) is 0.585. The van der Waals surface area contributed by atoms with Gasteiger partial charge in [-0.2, -0.15) is 0 Å². The van der Waals surface area contributed by atoms with Crippen molar-refractivity contribution in [1.82, 2.24) is 9.55 Å². The van der Waals surface area contributed by atoms with E-state index in [-0.39, 0.29) is 41.7 Å². The molecule has 1 aliphatic rings. The molecule has 2 aromatic carbocycles. The monoisotopic (exact) mass is 463 g/mol. The smallest absolute Gasteiger partial charge is 0.274 e. The fourth-order valence-corrected chi connectivity index (χ4v) is 4.21. The van der Waals surface area contributed by atoms with E-state index < -0.39 is 11.6 Å². The predicted octanol–water partition coefficient (Wildman–Crippen LogP) is 4.57. The molecule has 9 heteroatoms. The molecule has 0 bridgehead atoms. The molecule has 1 fully saturated rings. The second-order valence-corrected chi connectivity index (χ2v) is 8.16. The average Bonchev–Trinajstić information content (AvgIpc) is 3.40. The molecule has 1 saturated heterocycles. The number of aromatic nitrogens is 2. The summed E-state index contributed by atoms with van der Waals surface area (Å²) < 4.78 is 35.1. The fourth-order valence-electron chi connectivity index (χ4n) is 4.21. The highest BCUT2D eigenvalue weighted by atomic mass is 19.1. The Kier molecular flexibility index (Phi) is 5.04. The number of H-pyrrole nitrogens is 1. The molecule has 0 saturated carbocycles. The number of fused-ring (bicyclic) bond motifs is 1. The maximum absolute atomic E-state index is 14.4. The van der Waals surface area contributed by atoms with E-state index in [0.29, 0.717) is 39.3 Å². The second-order valence-electron chi connectivity index (χ2n) is 8.16. The zero-order chi connectivity index (χ0) is 24.1. The Morgan fingerprint density at radius 3 is 2.38 bits per heavy atom. The van der Waals surface area contributed by atoms with Gasteiger partial charge in [-0.25, -0.2) is 8.78 Å². The zero-order valence-corrected chi connectivity index (χ0v) is 18.3. The number of amides is 2. The van der Waals surface area contributed by atoms with Crippen LogP contribution >= 0.6 is 0 Å². The van der Waals surface area contributed by atoms with Crippen molar-refractivity contribution in [1.29, 1.82) is 0 Å². The van der Waals surface area contributed by atoms with E-state index >= 15 is 0 Å². The first kappa shape index (κ1) is 21.6. The van der Waals surface area contributed by atoms with E-state index in [0.717, 1.165) is 11.0 Å². The van der Waals surface area contributed by atoms with Crippen LogP contribution in [0.3, 0.4) is 0 Å². The third-order valence-electron chi connectivity index (χ3n) is 5.89. The largest absolute Gasteiger partial charge is 0.454 e. The SMILES string of the molecule is Cc1cc(Oc2ccc(F)cc2F)c(-c2cn(C)c(=O)c3[nH]ccc23)cc1N1C(=O)CCC1=O. The van der Waals surface area contributed by atoms with Crippen molar-refractivity contribution in [2.24, 2.45) is 7.05 Å². The Morgan fingerprint density at radius 2 is 1.68 bits per heavy atom. The van der Waals surface area contributed by atoms with Crippen molar-refractivity contribution in [2.45, 2.75) is 19.8 Å². The van der Waals surface area contributed by atoms with Gasteiger partial charge in [0.2, 0.25) is 11.8 Å². The number of carbonyl (C=O) groups excluding carboxylic acids is 2. The van der Waals surface area contributed by atoms with E-state index in [2.05, 4.69) is 4.98 Å². The van der Waals surface area contributed by atoms with Crippen molar-refractivity contribution in [3.05, 3.63) is 76.3 Å². The topological polar surface area (TPSA) is 84.4 Å². The van der Waals surface area contributed by atoms with E-state index in [1.807, 2.05) is 0 Å². The Morgan fingerprint density at radius 1 is 0.941 bits per heavy atom. The highest BCUT2D eigenvalue weighted by Crippen LogP contribution is 2.42. The summed E-state index contributed by atoms with van der Waals surface area (Å²) >= 11 is 0. The Hall–Kier alpha value is -4.27. The lowest BCUT2D eigenvalue weighted by atomic mass is 9.99. The van der Waals surface area contributed by atoms with Crippen LogP contribution in [0.5, 0.6) is 11.5 Å². The molecular weight excluding hydrogens is 444 g/mol. The summed E-state index contributed by atoms with van der Waals surface area (Å²) in [6, 6.07) is 7.92. The van der Waals surface area contributed by atoms with Crippen LogP contribution in [0.1, 0.15) is 18.4 Å². The second kappa shape index (κ2) is 7.95. The van der Waals surface area contributed by atoms with Gasteiger partial charge in [-0.15, -0.1) is 0 Å². The van der Waals surface area contributed by atoms with Gasteiger partial charge in [0.05, 0.1) is 5.69 Å². The minimum atomic E-state index is -0.884. The first-order chi connectivity index (χ1) is 16.2. The number of hydrogen-bond acceptors (Lipinski definition) is 4. The molecule has 172 valence electrons. The molecule has 7 nitrogen and oxygen atoms in total. The molecule has 5 rings (SSSR count). The molecule has 0 aliphatic carbocycles. The molecule has 4 aromatic rings. The summed E-state index contributed by atoms with van der Waals surface area (Å²) in [5.74, 6) is -2.24. The zero-order valence-electron chi connectivity index (χ0n) is 18.3. The van der Waals surface area contributed by atoms with E-state index in [1.165, 1.54) is 10.6 Å². The van der Waals surface area contributed by atoms with Gasteiger partial charge in [0, 0.05) is 54.9 Å². The lowest BCUT2D eigenvalue weighted by molar-refractivity contribution is -0.121. The molecule has 1 N–H and O–H groups in total. The maximum atomic E-state index is 14.4. The van der Waals surface area contributed by atoms with Gasteiger partial charge < -0.3 is 14.3 Å². The number of halogens is 2. The molecule has 3 heterocycles. The maximum Gasteiger partial charge on any atom is 0.274 e. The van der Waals surface area contributed by atoms with Crippen LogP contribution in [-0.2, 0) is 16.6 Å². The minimum absolute atomic E-state index is 0.120. The summed E-state index contributed by atoms with van der Waals surface area (Å²) in [4.78, 5) is 41.5. The molecular formula is C25H19F2N3O4. The Balaban J connectivity index is 1.77. The first-order valence-electron chi connectivity index (χ1n) is 10.5. The standard InChI is InChI=1S/C25H19F2N3O4/c1-13-9-21(34-20-4-3-14(26)10-18(20)27)16(11-19(13)30-22(31)5-6-23(30)32)17-12-29(2)25(33)24-15(17)7-8-28-24/h3-4,7-12,28H,5-6H2,1-2H3. The molecule has 0 unspecified atom stereocenters. The fraction of sp³-hybridized carbons (Fsp3) is 0.160. The van der Waals surface area contributed by atoms with Crippen LogP contribution in [0.4, 0.5) is 14.5 Å². The number of pyridine rings is 1. The van der Waals surface area contributed by atoms with Crippen molar-refractivity contribution in [2.75, 3.05) is 4.90 Å². The van der Waals surface area contributed by atoms with Gasteiger partial charge in [-0.3, -0.25) is 19.3 Å². The molecule has 0 atom stereocenters. The minimum Gasteiger partial charge on any atom is -0.454 e. The Bertz CT molecular complexity index is 1540. The van der Waals surface area contributed by atoms with Gasteiger partial charge >= 0.3 is 0 Å². The summed E-state index contributed by atoms with van der Waals surface area (Å²) in [6.45, 7) is 1.71. The van der Waals surface area contributed by atoms with Crippen LogP contribution in [-0.4, -0.2) is 21.4 Å². The third kappa shape index (κ3) is 3.45. The van der Waals surface area contributed by atoms with Gasteiger partial charge in [-0.1, -0.05) is 0 Å². The average molecular weight is 463 g/mol. The molecule has 1 aliphatic heterocycles. The normalized spacial score (nSPS) is 13.8. The van der Waals surface area contributed by atoms with Crippen LogP contribution < -0.4 is 15.2 Å². The lowest BCUT2D eigenvalue weighted by Crippen LogP contribution is -2.29. The number of rotatable bonds is 4. The number of hydrogen-bond donors (Lipinski definition) is 1. The van der Waals surface area contributed by atoms with Crippen LogP contribution in [0.15, 0.2) is 53.6 Å². The van der Waals surface area contributed by atoms with Gasteiger partial charge in [0.1, 0.15) is 17.1 Å². The highest BCUT2D eigenvalue weighted by Gasteiger charge is 2.32. The van der Waals surface area contributed by atoms with Gasteiger partial charge in [-0.05, 0) is 42.8 Å². The molecule has 2 aromatic heterocycles. The summed E-state index contributed by atoms with van der Waals surface area (Å²) in [5.41, 5.74) is 2.04. The van der Waals surface area contributed by atoms with E-state index in [9.17, 15) is 23.2 Å². The number of benzene rings is 2. The number of nitrogens with one attached hydrogen (secondary N) is 1. The van der Waals surface area contributed by atoms with Gasteiger partial charge in [0.25, 0.3) is 5.56 Å². The highest BCUT2D eigenvalue weighted by molar-refractivity contribution is 6.20. The number of anilines is 1. The first-order valence-corrected chi connectivity index (χ1v) is 10.5. The molecule has 0 spiro atoms. The summed E-state index contributed by atoms with van der Waals surface area (Å²) in [6.07, 6.45) is 3.47. The van der Waals surface area contributed by atoms with Crippen LogP contribution in [0.25, 0.3) is 22.0 Å². The molecule has 0 radical (unpaired) electrons. The lowest BCUT2D eigenvalue weighted by Gasteiger charge is -2.21. The van der Waals surface area contributed by atoms with Gasteiger partial charge in [0.15, 0.2) is 11.6 Å². The quantitative estimate of drug-likeness (QED) is 0.450. The number of carbonyl (C=O) groups is 2. The summed E-state index contributed by atoms with van der Waals surface area (Å²) in [7, 11) is 1.59. The number of aromatic amines is 1.